The largest absolute Gasteiger partial charge is 0.475 e. The highest BCUT2D eigenvalue weighted by Gasteiger charge is 2.21. The van der Waals surface area contributed by atoms with E-state index in [0.717, 1.165) is 43.5 Å². The normalized spacial score (nSPS) is 16.2. The van der Waals surface area contributed by atoms with E-state index in [1.807, 2.05) is 19.1 Å². The molecule has 1 aliphatic heterocycles. The number of rotatable bonds is 2. The van der Waals surface area contributed by atoms with Crippen molar-refractivity contribution in [3.05, 3.63) is 39.7 Å². The summed E-state index contributed by atoms with van der Waals surface area (Å²) < 4.78 is 5.54. The third-order valence-electron chi connectivity index (χ3n) is 4.12. The van der Waals surface area contributed by atoms with E-state index in [4.69, 9.17) is 9.52 Å². The second-order valence-corrected chi connectivity index (χ2v) is 5.68. The van der Waals surface area contributed by atoms with Gasteiger partial charge in [0.05, 0.1) is 11.1 Å². The van der Waals surface area contributed by atoms with E-state index in [1.54, 1.807) is 0 Å². The van der Waals surface area contributed by atoms with Crippen LogP contribution in [-0.4, -0.2) is 49.2 Å². The number of aromatic carboxylic acids is 1. The zero-order valence-corrected chi connectivity index (χ0v) is 12.6. The summed E-state index contributed by atoms with van der Waals surface area (Å²) in [5.74, 6) is -1.55. The van der Waals surface area contributed by atoms with Gasteiger partial charge in [-0.3, -0.25) is 4.79 Å². The van der Waals surface area contributed by atoms with Crippen LogP contribution in [-0.2, 0) is 0 Å². The molecular weight excluding hydrogens is 284 g/mol. The van der Waals surface area contributed by atoms with Crippen molar-refractivity contribution < 1.29 is 14.3 Å². The molecule has 1 aromatic heterocycles. The summed E-state index contributed by atoms with van der Waals surface area (Å²) >= 11 is 0. The highest BCUT2D eigenvalue weighted by atomic mass is 16.4. The highest BCUT2D eigenvalue weighted by molar-refractivity contribution is 5.94. The summed E-state index contributed by atoms with van der Waals surface area (Å²) in [5.41, 5.74) is 1.63. The van der Waals surface area contributed by atoms with Gasteiger partial charge in [0.1, 0.15) is 0 Å². The van der Waals surface area contributed by atoms with Crippen LogP contribution in [0.4, 0.5) is 5.69 Å². The summed E-state index contributed by atoms with van der Waals surface area (Å²) in [6.07, 6.45) is 0. The van der Waals surface area contributed by atoms with Gasteiger partial charge in [-0.15, -0.1) is 0 Å². The number of likely N-dealkylation sites (N-methyl/N-ethyl adjacent to an activating group) is 1. The van der Waals surface area contributed by atoms with E-state index >= 15 is 0 Å². The number of piperazine rings is 1. The van der Waals surface area contributed by atoms with Gasteiger partial charge < -0.3 is 19.3 Å². The third-order valence-corrected chi connectivity index (χ3v) is 4.12. The third kappa shape index (κ3) is 2.46. The molecule has 0 spiro atoms. The first kappa shape index (κ1) is 14.6. The monoisotopic (exact) mass is 302 g/mol. The molecule has 1 N–H and O–H groups in total. The highest BCUT2D eigenvalue weighted by Crippen LogP contribution is 2.29. The maximum Gasteiger partial charge on any atom is 0.371 e. The van der Waals surface area contributed by atoms with Crippen molar-refractivity contribution >= 4 is 22.6 Å². The maximum atomic E-state index is 12.3. The van der Waals surface area contributed by atoms with Gasteiger partial charge in [-0.1, -0.05) is 6.07 Å². The van der Waals surface area contributed by atoms with Crippen LogP contribution in [0.3, 0.4) is 0 Å². The van der Waals surface area contributed by atoms with Crippen LogP contribution in [0.15, 0.2) is 27.4 Å². The number of carboxylic acid groups (broad SMARTS) is 1. The van der Waals surface area contributed by atoms with E-state index < -0.39 is 5.97 Å². The second-order valence-electron chi connectivity index (χ2n) is 5.68. The van der Waals surface area contributed by atoms with Gasteiger partial charge in [0.2, 0.25) is 5.76 Å². The van der Waals surface area contributed by atoms with Crippen molar-refractivity contribution in [2.75, 3.05) is 38.1 Å². The summed E-state index contributed by atoms with van der Waals surface area (Å²) in [7, 11) is 2.06. The summed E-state index contributed by atoms with van der Waals surface area (Å²) in [5, 5.41) is 9.58. The summed E-state index contributed by atoms with van der Waals surface area (Å²) in [6.45, 7) is 5.29. The second kappa shape index (κ2) is 5.46. The molecule has 116 valence electrons. The first-order valence-corrected chi connectivity index (χ1v) is 7.21. The van der Waals surface area contributed by atoms with Crippen LogP contribution >= 0.6 is 0 Å². The Morgan fingerprint density at radius 2 is 1.91 bits per heavy atom. The standard InChI is InChI=1S/C16H18N2O4/c1-10-3-4-11(18-7-5-17(2)6-8-18)15-14(10)12(19)9-13(22-15)16(20)21/h3-4,9H,5-8H2,1-2H3,(H,20,21). The van der Waals surface area contributed by atoms with E-state index in [2.05, 4.69) is 16.8 Å². The minimum atomic E-state index is -1.23. The fourth-order valence-electron chi connectivity index (χ4n) is 2.81. The van der Waals surface area contributed by atoms with Crippen LogP contribution in [0.5, 0.6) is 0 Å². The fourth-order valence-corrected chi connectivity index (χ4v) is 2.81. The van der Waals surface area contributed by atoms with Crippen LogP contribution in [0.1, 0.15) is 16.1 Å². The number of nitrogens with zero attached hydrogens (tertiary/aromatic N) is 2. The molecule has 1 aromatic carbocycles. The molecule has 6 nitrogen and oxygen atoms in total. The zero-order chi connectivity index (χ0) is 15.9. The average Bonchev–Trinajstić information content (AvgIpc) is 2.48. The van der Waals surface area contributed by atoms with Crippen molar-refractivity contribution in [2.45, 2.75) is 6.92 Å². The summed E-state index contributed by atoms with van der Waals surface area (Å²) in [6, 6.07) is 4.83. The number of hydrogen-bond acceptors (Lipinski definition) is 5. The van der Waals surface area contributed by atoms with Gasteiger partial charge in [-0.2, -0.15) is 0 Å². The first-order chi connectivity index (χ1) is 10.5. The van der Waals surface area contributed by atoms with E-state index in [1.165, 1.54) is 0 Å². The molecule has 2 aromatic rings. The minimum absolute atomic E-state index is 0.313. The van der Waals surface area contributed by atoms with Gasteiger partial charge >= 0.3 is 5.97 Å². The SMILES string of the molecule is Cc1ccc(N2CCN(C)CC2)c2oc(C(=O)O)cc(=O)c12. The van der Waals surface area contributed by atoms with Gasteiger partial charge in [0.25, 0.3) is 0 Å². The summed E-state index contributed by atoms with van der Waals surface area (Å²) in [4.78, 5) is 27.8. The van der Waals surface area contributed by atoms with Crippen molar-refractivity contribution in [1.82, 2.24) is 4.90 Å². The molecule has 1 fully saturated rings. The Morgan fingerprint density at radius 1 is 1.23 bits per heavy atom. The van der Waals surface area contributed by atoms with Crippen LogP contribution in [0.25, 0.3) is 11.0 Å². The van der Waals surface area contributed by atoms with Gasteiger partial charge in [-0.25, -0.2) is 4.79 Å². The Morgan fingerprint density at radius 3 is 2.55 bits per heavy atom. The molecule has 0 bridgehead atoms. The topological polar surface area (TPSA) is 74.0 Å². The van der Waals surface area contributed by atoms with Crippen molar-refractivity contribution in [1.29, 1.82) is 0 Å². The lowest BCUT2D eigenvalue weighted by atomic mass is 10.1. The molecule has 0 aliphatic carbocycles. The molecule has 0 radical (unpaired) electrons. The van der Waals surface area contributed by atoms with Crippen molar-refractivity contribution in [3.8, 4) is 0 Å². The number of carboxylic acids is 1. The molecule has 0 amide bonds. The average molecular weight is 302 g/mol. The molecule has 1 saturated heterocycles. The van der Waals surface area contributed by atoms with E-state index in [0.29, 0.717) is 11.0 Å². The molecular formula is C16H18N2O4. The Labute approximate surface area is 127 Å². The number of benzene rings is 1. The van der Waals surface area contributed by atoms with Crippen LogP contribution in [0.2, 0.25) is 0 Å². The number of aryl methyl sites for hydroxylation is 1. The minimum Gasteiger partial charge on any atom is -0.475 e. The number of hydrogen-bond donors (Lipinski definition) is 1. The molecule has 2 heterocycles. The van der Waals surface area contributed by atoms with Gasteiger partial charge in [0, 0.05) is 32.2 Å². The van der Waals surface area contributed by atoms with Crippen molar-refractivity contribution in [3.63, 3.8) is 0 Å². The number of anilines is 1. The van der Waals surface area contributed by atoms with Crippen LogP contribution < -0.4 is 10.3 Å². The smallest absolute Gasteiger partial charge is 0.371 e. The lowest BCUT2D eigenvalue weighted by Gasteiger charge is -2.34. The molecule has 3 rings (SSSR count). The quantitative estimate of drug-likeness (QED) is 0.907. The first-order valence-electron chi connectivity index (χ1n) is 7.21. The van der Waals surface area contributed by atoms with Crippen LogP contribution in [0, 0.1) is 6.92 Å². The Hall–Kier alpha value is -2.34. The number of fused-ring (bicyclic) bond motifs is 1. The Balaban J connectivity index is 2.20. The molecule has 1 aliphatic rings. The molecule has 0 atom stereocenters. The molecule has 0 saturated carbocycles. The number of carbonyl (C=O) groups is 1. The zero-order valence-electron chi connectivity index (χ0n) is 12.6. The predicted molar refractivity (Wildman–Crippen MR) is 83.9 cm³/mol. The lowest BCUT2D eigenvalue weighted by Crippen LogP contribution is -2.44. The van der Waals surface area contributed by atoms with Crippen molar-refractivity contribution in [2.24, 2.45) is 0 Å². The Bertz CT molecular complexity index is 789. The Kier molecular flexibility index (Phi) is 3.62. The van der Waals surface area contributed by atoms with E-state index in [-0.39, 0.29) is 11.2 Å². The molecule has 22 heavy (non-hydrogen) atoms. The van der Waals surface area contributed by atoms with E-state index in [9.17, 15) is 9.59 Å². The van der Waals surface area contributed by atoms with Gasteiger partial charge in [0.15, 0.2) is 11.0 Å². The predicted octanol–water partition coefficient (Wildman–Crippen LogP) is 1.55. The fraction of sp³-hybridized carbons (Fsp3) is 0.375. The maximum absolute atomic E-state index is 12.3. The molecule has 6 heteroatoms. The van der Waals surface area contributed by atoms with Gasteiger partial charge in [-0.05, 0) is 25.6 Å². The lowest BCUT2D eigenvalue weighted by molar-refractivity contribution is 0.0663. The molecule has 0 unspecified atom stereocenters.